The van der Waals surface area contributed by atoms with Gasteiger partial charge in [-0.2, -0.15) is 0 Å². The summed E-state index contributed by atoms with van der Waals surface area (Å²) in [7, 11) is 0. The minimum absolute atomic E-state index is 0.522. The van der Waals surface area contributed by atoms with Crippen molar-refractivity contribution in [3.05, 3.63) is 0 Å². The summed E-state index contributed by atoms with van der Waals surface area (Å²) in [4.78, 5) is 19.7. The van der Waals surface area contributed by atoms with Gasteiger partial charge in [0.25, 0.3) is 0 Å². The molecule has 0 heterocycles. The molecule has 84 valence electrons. The molecule has 0 atom stereocenters. The smallest absolute Gasteiger partial charge is 0.305 e. The van der Waals surface area contributed by atoms with E-state index in [4.69, 9.17) is 15.3 Å². The van der Waals surface area contributed by atoms with E-state index in [-0.39, 0.29) is 0 Å². The van der Waals surface area contributed by atoms with Gasteiger partial charge in [0.2, 0.25) is 0 Å². The third-order valence-electron chi connectivity index (χ3n) is 1.32. The Morgan fingerprint density at radius 2 is 1.29 bits per heavy atom. The Bertz CT molecular complexity index is 149. The molecular formula is C9H18O5. The molecule has 0 aromatic carbocycles. The molecule has 14 heavy (non-hydrogen) atoms. The monoisotopic (exact) mass is 206 g/mol. The number of aliphatic carboxylic acids is 2. The van der Waals surface area contributed by atoms with E-state index in [9.17, 15) is 9.59 Å². The van der Waals surface area contributed by atoms with E-state index in [0.29, 0.717) is 0 Å². The molecule has 0 saturated carbocycles. The zero-order valence-corrected chi connectivity index (χ0v) is 8.56. The topological polar surface area (TPSA) is 94.8 Å². The van der Waals surface area contributed by atoms with Crippen LogP contribution in [0.5, 0.6) is 0 Å². The second-order valence-electron chi connectivity index (χ2n) is 2.85. The van der Waals surface area contributed by atoms with Gasteiger partial charge in [0.1, 0.15) is 0 Å². The molecule has 0 unspecified atom stereocenters. The van der Waals surface area contributed by atoms with Gasteiger partial charge in [0, 0.05) is 0 Å². The first kappa shape index (κ1) is 15.4. The summed E-state index contributed by atoms with van der Waals surface area (Å²) in [6.45, 7) is 4.36. The maximum Gasteiger partial charge on any atom is 0.305 e. The molecular weight excluding hydrogens is 188 g/mol. The molecule has 0 aliphatic rings. The van der Waals surface area contributed by atoms with E-state index in [1.54, 1.807) is 0 Å². The number of carboxylic acids is 2. The number of carbonyl (C=O) groups is 2. The SMILES string of the molecule is CCCC.O=C(O)CC(O)CC(=O)O. The highest BCUT2D eigenvalue weighted by molar-refractivity contribution is 5.71. The number of rotatable bonds is 5. The van der Waals surface area contributed by atoms with Crippen LogP contribution in [0, 0.1) is 0 Å². The van der Waals surface area contributed by atoms with Crippen LogP contribution in [-0.4, -0.2) is 33.4 Å². The maximum atomic E-state index is 9.84. The lowest BCUT2D eigenvalue weighted by atomic mass is 10.2. The summed E-state index contributed by atoms with van der Waals surface area (Å²) < 4.78 is 0. The average Bonchev–Trinajstić information content (AvgIpc) is 2.01. The van der Waals surface area contributed by atoms with Crippen LogP contribution in [0.25, 0.3) is 0 Å². The number of hydrogen-bond acceptors (Lipinski definition) is 3. The highest BCUT2D eigenvalue weighted by Gasteiger charge is 2.12. The minimum atomic E-state index is -1.28. The Balaban J connectivity index is 0. The average molecular weight is 206 g/mol. The van der Waals surface area contributed by atoms with Gasteiger partial charge in [-0.25, -0.2) is 0 Å². The summed E-state index contributed by atoms with van der Waals surface area (Å²) in [5.74, 6) is -2.40. The quantitative estimate of drug-likeness (QED) is 0.626. The van der Waals surface area contributed by atoms with Crippen LogP contribution in [0.1, 0.15) is 39.5 Å². The summed E-state index contributed by atoms with van der Waals surface area (Å²) >= 11 is 0. The van der Waals surface area contributed by atoms with E-state index in [1.165, 1.54) is 12.8 Å². The lowest BCUT2D eigenvalue weighted by Crippen LogP contribution is -2.16. The normalized spacial score (nSPS) is 9.14. The zero-order valence-electron chi connectivity index (χ0n) is 8.56. The van der Waals surface area contributed by atoms with Crippen LogP contribution in [-0.2, 0) is 9.59 Å². The third kappa shape index (κ3) is 17.1. The number of hydrogen-bond donors (Lipinski definition) is 3. The molecule has 0 aromatic heterocycles. The van der Waals surface area contributed by atoms with Gasteiger partial charge in [-0.05, 0) is 0 Å². The van der Waals surface area contributed by atoms with Crippen molar-refractivity contribution in [3.8, 4) is 0 Å². The van der Waals surface area contributed by atoms with Gasteiger partial charge in [-0.15, -0.1) is 0 Å². The molecule has 0 spiro atoms. The van der Waals surface area contributed by atoms with E-state index < -0.39 is 30.9 Å². The van der Waals surface area contributed by atoms with E-state index >= 15 is 0 Å². The molecule has 5 nitrogen and oxygen atoms in total. The highest BCUT2D eigenvalue weighted by Crippen LogP contribution is 1.96. The van der Waals surface area contributed by atoms with Gasteiger partial charge in [0.05, 0.1) is 18.9 Å². The van der Waals surface area contributed by atoms with Crippen LogP contribution in [0.4, 0.5) is 0 Å². The van der Waals surface area contributed by atoms with Crippen molar-refractivity contribution >= 4 is 11.9 Å². The van der Waals surface area contributed by atoms with Crippen LogP contribution in [0.3, 0.4) is 0 Å². The van der Waals surface area contributed by atoms with Gasteiger partial charge in [-0.1, -0.05) is 26.7 Å². The fraction of sp³-hybridized carbons (Fsp3) is 0.778. The Labute approximate surface area is 83.4 Å². The first-order valence-electron chi connectivity index (χ1n) is 4.55. The Morgan fingerprint density at radius 3 is 1.43 bits per heavy atom. The van der Waals surface area contributed by atoms with Crippen LogP contribution in [0.15, 0.2) is 0 Å². The molecule has 0 fully saturated rings. The fourth-order valence-corrected chi connectivity index (χ4v) is 0.475. The molecule has 0 aromatic rings. The summed E-state index contributed by atoms with van der Waals surface area (Å²) in [5.41, 5.74) is 0. The molecule has 0 rings (SSSR count). The molecule has 0 radical (unpaired) electrons. The largest absolute Gasteiger partial charge is 0.481 e. The van der Waals surface area contributed by atoms with Crippen molar-refractivity contribution < 1.29 is 24.9 Å². The number of aliphatic hydroxyl groups excluding tert-OH is 1. The Kier molecular flexibility index (Phi) is 11.0. The second kappa shape index (κ2) is 9.98. The molecule has 0 aliphatic heterocycles. The van der Waals surface area contributed by atoms with Gasteiger partial charge in [0.15, 0.2) is 0 Å². The summed E-state index contributed by atoms with van der Waals surface area (Å²) in [6.07, 6.45) is 0.313. The molecule has 5 heteroatoms. The predicted octanol–water partition coefficient (Wildman–Crippen LogP) is 1.10. The van der Waals surface area contributed by atoms with Crippen molar-refractivity contribution in [2.24, 2.45) is 0 Å². The second-order valence-corrected chi connectivity index (χ2v) is 2.85. The number of aliphatic hydroxyl groups is 1. The van der Waals surface area contributed by atoms with Crippen molar-refractivity contribution in [1.29, 1.82) is 0 Å². The highest BCUT2D eigenvalue weighted by atomic mass is 16.4. The van der Waals surface area contributed by atoms with E-state index in [0.717, 1.165) is 0 Å². The lowest BCUT2D eigenvalue weighted by Gasteiger charge is -2.01. The van der Waals surface area contributed by atoms with Gasteiger partial charge in [-0.3, -0.25) is 9.59 Å². The third-order valence-corrected chi connectivity index (χ3v) is 1.32. The van der Waals surface area contributed by atoms with Crippen molar-refractivity contribution in [3.63, 3.8) is 0 Å². The Hall–Kier alpha value is -1.10. The first-order chi connectivity index (χ1) is 6.43. The first-order valence-corrected chi connectivity index (χ1v) is 4.55. The zero-order chi connectivity index (χ0) is 11.6. The summed E-state index contributed by atoms with van der Waals surface area (Å²) in [5, 5.41) is 24.7. The van der Waals surface area contributed by atoms with Crippen molar-refractivity contribution in [1.82, 2.24) is 0 Å². The van der Waals surface area contributed by atoms with Crippen LogP contribution < -0.4 is 0 Å². The van der Waals surface area contributed by atoms with Crippen molar-refractivity contribution in [2.45, 2.75) is 45.6 Å². The van der Waals surface area contributed by atoms with E-state index in [1.807, 2.05) is 0 Å². The summed E-state index contributed by atoms with van der Waals surface area (Å²) in [6, 6.07) is 0. The molecule has 0 bridgehead atoms. The molecule has 3 N–H and O–H groups in total. The van der Waals surface area contributed by atoms with Crippen LogP contribution in [0.2, 0.25) is 0 Å². The minimum Gasteiger partial charge on any atom is -0.481 e. The number of carboxylic acid groups (broad SMARTS) is 2. The molecule has 0 amide bonds. The standard InChI is InChI=1S/C5H8O5.C4H10/c6-3(1-4(7)8)2-5(9)10;1-3-4-2/h3,6H,1-2H2,(H,7,8)(H,9,10);3-4H2,1-2H3. The predicted molar refractivity (Wildman–Crippen MR) is 51.1 cm³/mol. The van der Waals surface area contributed by atoms with Gasteiger partial charge >= 0.3 is 11.9 Å². The maximum absolute atomic E-state index is 9.84. The lowest BCUT2D eigenvalue weighted by molar-refractivity contribution is -0.142. The fourth-order valence-electron chi connectivity index (χ4n) is 0.475. The number of unbranched alkanes of at least 4 members (excludes halogenated alkanes) is 1. The van der Waals surface area contributed by atoms with Crippen molar-refractivity contribution in [2.75, 3.05) is 0 Å². The van der Waals surface area contributed by atoms with Gasteiger partial charge < -0.3 is 15.3 Å². The molecule has 0 saturated heterocycles. The Morgan fingerprint density at radius 1 is 1.00 bits per heavy atom. The molecule has 0 aliphatic carbocycles. The van der Waals surface area contributed by atoms with E-state index in [2.05, 4.69) is 13.8 Å². The van der Waals surface area contributed by atoms with Crippen LogP contribution >= 0.6 is 0 Å².